The first-order chi connectivity index (χ1) is 15.9. The molecule has 15 heteroatoms. The molecular formula is C20H12Cl2F9N3O. The summed E-state index contributed by atoms with van der Waals surface area (Å²) in [5.74, 6) is 4.05. The fraction of sp³-hybridized carbons (Fsp3) is 0.250. The molecule has 1 atom stereocenters. The van der Waals surface area contributed by atoms with Crippen molar-refractivity contribution in [2.75, 3.05) is 0 Å². The number of nitrogens with zero attached hydrogens (tertiary/aromatic N) is 2. The van der Waals surface area contributed by atoms with E-state index in [-0.39, 0.29) is 22.7 Å². The lowest BCUT2D eigenvalue weighted by molar-refractivity contribution is -0.152. The van der Waals surface area contributed by atoms with Crippen molar-refractivity contribution in [3.63, 3.8) is 0 Å². The van der Waals surface area contributed by atoms with Crippen LogP contribution in [0.1, 0.15) is 28.4 Å². The summed E-state index contributed by atoms with van der Waals surface area (Å²) in [4.78, 5) is 13.4. The molecule has 1 amide bonds. The van der Waals surface area contributed by atoms with Gasteiger partial charge in [-0.05, 0) is 17.7 Å². The Morgan fingerprint density at radius 1 is 0.857 bits per heavy atom. The Kier molecular flexibility index (Phi) is 7.01. The van der Waals surface area contributed by atoms with E-state index in [4.69, 9.17) is 29.0 Å². The number of hydrazine groups is 1. The summed E-state index contributed by atoms with van der Waals surface area (Å²) in [7, 11) is 0. The minimum Gasteiger partial charge on any atom is -0.308 e. The van der Waals surface area contributed by atoms with Crippen LogP contribution < -0.4 is 5.84 Å². The molecule has 0 bridgehead atoms. The second kappa shape index (κ2) is 9.10. The van der Waals surface area contributed by atoms with E-state index < -0.39 is 69.6 Å². The summed E-state index contributed by atoms with van der Waals surface area (Å²) >= 11 is 11.4. The van der Waals surface area contributed by atoms with Gasteiger partial charge in [-0.2, -0.15) is 39.5 Å². The van der Waals surface area contributed by atoms with Crippen molar-refractivity contribution in [1.29, 1.82) is 0 Å². The smallest absolute Gasteiger partial charge is 0.308 e. The molecule has 0 aromatic heterocycles. The Bertz CT molecular complexity index is 1160. The van der Waals surface area contributed by atoms with Gasteiger partial charge in [-0.1, -0.05) is 53.5 Å². The third-order valence-electron chi connectivity index (χ3n) is 4.95. The van der Waals surface area contributed by atoms with E-state index in [0.29, 0.717) is 4.90 Å². The van der Waals surface area contributed by atoms with Gasteiger partial charge >= 0.3 is 18.5 Å². The molecule has 3 rings (SSSR count). The van der Waals surface area contributed by atoms with Crippen LogP contribution in [0.3, 0.4) is 0 Å². The van der Waals surface area contributed by atoms with Crippen molar-refractivity contribution >= 4 is 29.1 Å². The Balaban J connectivity index is 2.34. The monoisotopic (exact) mass is 551 g/mol. The lowest BCUT2D eigenvalue weighted by Gasteiger charge is -2.44. The number of amides is 1. The van der Waals surface area contributed by atoms with Gasteiger partial charge in [0.1, 0.15) is 11.2 Å². The predicted molar refractivity (Wildman–Crippen MR) is 106 cm³/mol. The SMILES string of the molecule is NN1C(C(F)(F)F)=C(Cl)C(=O)N(Cc2ccccc2)C1c1cc(C(F)(F)F)cc(C(F)(F)F)c1Cl. The number of alkyl halides is 9. The van der Waals surface area contributed by atoms with Crippen molar-refractivity contribution in [2.24, 2.45) is 5.84 Å². The van der Waals surface area contributed by atoms with E-state index in [1.54, 1.807) is 6.07 Å². The standard InChI is InChI=1S/C20H12Cl2F9N3O/c21-13-11(6-10(18(23,24)25)7-12(13)19(26,27)28)16-33(8-9-4-2-1-3-5-9)17(35)14(22)15(34(16)32)20(29,30)31/h1-7,16H,8,32H2. The zero-order valence-electron chi connectivity index (χ0n) is 16.9. The molecule has 2 N–H and O–H groups in total. The first-order valence-electron chi connectivity index (χ1n) is 9.28. The van der Waals surface area contributed by atoms with Crippen molar-refractivity contribution in [1.82, 2.24) is 9.91 Å². The number of carbonyl (C=O) groups is 1. The highest BCUT2D eigenvalue weighted by Gasteiger charge is 2.51. The van der Waals surface area contributed by atoms with Crippen molar-refractivity contribution in [2.45, 2.75) is 31.2 Å². The lowest BCUT2D eigenvalue weighted by Crippen LogP contribution is -2.54. The van der Waals surface area contributed by atoms with Gasteiger partial charge in [0, 0.05) is 12.1 Å². The molecule has 0 radical (unpaired) electrons. The van der Waals surface area contributed by atoms with Gasteiger partial charge in [0.2, 0.25) is 0 Å². The number of halogens is 11. The summed E-state index contributed by atoms with van der Waals surface area (Å²) < 4.78 is 122. The maximum absolute atomic E-state index is 13.7. The maximum Gasteiger partial charge on any atom is 0.434 e. The number of hydrogen-bond acceptors (Lipinski definition) is 3. The highest BCUT2D eigenvalue weighted by Crippen LogP contribution is 2.48. The van der Waals surface area contributed by atoms with Crippen molar-refractivity contribution < 1.29 is 44.3 Å². The third kappa shape index (κ3) is 5.31. The highest BCUT2D eigenvalue weighted by atomic mass is 35.5. The Labute approximate surface area is 201 Å². The van der Waals surface area contributed by atoms with Gasteiger partial charge in [-0.3, -0.25) is 9.80 Å². The first-order valence-corrected chi connectivity index (χ1v) is 10.0. The largest absolute Gasteiger partial charge is 0.434 e. The van der Waals surface area contributed by atoms with Crippen LogP contribution in [0.25, 0.3) is 0 Å². The quantitative estimate of drug-likeness (QED) is 0.345. The van der Waals surface area contributed by atoms with Gasteiger partial charge in [-0.15, -0.1) is 0 Å². The van der Waals surface area contributed by atoms with Crippen LogP contribution in [0, 0.1) is 0 Å². The van der Waals surface area contributed by atoms with Gasteiger partial charge in [0.05, 0.1) is 16.1 Å². The average Bonchev–Trinajstić information content (AvgIpc) is 2.71. The molecule has 35 heavy (non-hydrogen) atoms. The summed E-state index contributed by atoms with van der Waals surface area (Å²) in [5.41, 5.74) is -6.66. The molecule has 0 saturated carbocycles. The topological polar surface area (TPSA) is 49.6 Å². The Morgan fingerprint density at radius 3 is 1.91 bits per heavy atom. The highest BCUT2D eigenvalue weighted by molar-refractivity contribution is 6.42. The van der Waals surface area contributed by atoms with E-state index in [0.717, 1.165) is 0 Å². The van der Waals surface area contributed by atoms with Crippen LogP contribution in [-0.2, 0) is 23.7 Å². The molecule has 0 fully saturated rings. The molecule has 190 valence electrons. The average molecular weight is 552 g/mol. The van der Waals surface area contributed by atoms with Crippen LogP contribution in [0.5, 0.6) is 0 Å². The summed E-state index contributed by atoms with van der Waals surface area (Å²) in [6.45, 7) is -0.576. The maximum atomic E-state index is 13.7. The van der Waals surface area contributed by atoms with E-state index >= 15 is 0 Å². The second-order valence-corrected chi connectivity index (χ2v) is 8.04. The van der Waals surface area contributed by atoms with Gasteiger partial charge in [0.15, 0.2) is 5.70 Å². The minimum absolute atomic E-state index is 0.112. The van der Waals surface area contributed by atoms with Crippen LogP contribution in [0.4, 0.5) is 39.5 Å². The zero-order chi connectivity index (χ0) is 26.5. The Hall–Kier alpha value is -2.64. The number of rotatable bonds is 3. The molecule has 1 unspecified atom stereocenters. The third-order valence-corrected chi connectivity index (χ3v) is 5.71. The number of hydrogen-bond donors (Lipinski definition) is 1. The fourth-order valence-corrected chi connectivity index (χ4v) is 4.08. The van der Waals surface area contributed by atoms with Gasteiger partial charge in [-0.25, -0.2) is 5.84 Å². The van der Waals surface area contributed by atoms with Crippen LogP contribution in [-0.4, -0.2) is 22.0 Å². The lowest BCUT2D eigenvalue weighted by atomic mass is 9.99. The molecule has 1 aliphatic heterocycles. The zero-order valence-corrected chi connectivity index (χ0v) is 18.4. The molecule has 2 aromatic rings. The van der Waals surface area contributed by atoms with Crippen LogP contribution >= 0.6 is 23.2 Å². The minimum atomic E-state index is -5.42. The predicted octanol–water partition coefficient (Wildman–Crippen LogP) is 6.61. The number of allylic oxidation sites excluding steroid dienone is 1. The molecule has 1 heterocycles. The molecular weight excluding hydrogens is 540 g/mol. The van der Waals surface area contributed by atoms with Crippen LogP contribution in [0.2, 0.25) is 5.02 Å². The second-order valence-electron chi connectivity index (χ2n) is 7.28. The van der Waals surface area contributed by atoms with E-state index in [1.165, 1.54) is 24.3 Å². The Morgan fingerprint density at radius 2 is 1.43 bits per heavy atom. The van der Waals surface area contributed by atoms with E-state index in [1.807, 2.05) is 0 Å². The van der Waals surface area contributed by atoms with Crippen LogP contribution in [0.15, 0.2) is 53.2 Å². The molecule has 1 aliphatic rings. The normalized spacial score (nSPS) is 17.9. The summed E-state index contributed by atoms with van der Waals surface area (Å²) in [5, 5.41) is -3.00. The molecule has 0 spiro atoms. The number of nitrogens with two attached hydrogens (primary N) is 1. The van der Waals surface area contributed by atoms with E-state index in [9.17, 15) is 44.3 Å². The molecule has 0 aliphatic carbocycles. The fourth-order valence-electron chi connectivity index (χ4n) is 3.46. The summed E-state index contributed by atoms with van der Waals surface area (Å²) in [6, 6.07) is 7.18. The van der Waals surface area contributed by atoms with Crippen molar-refractivity contribution in [3.8, 4) is 0 Å². The van der Waals surface area contributed by atoms with Gasteiger partial charge < -0.3 is 4.90 Å². The van der Waals surface area contributed by atoms with E-state index in [2.05, 4.69) is 0 Å². The molecule has 2 aromatic carbocycles. The van der Waals surface area contributed by atoms with Crippen molar-refractivity contribution in [3.05, 3.63) is 80.5 Å². The number of benzene rings is 2. The first kappa shape index (κ1) is 27.0. The molecule has 4 nitrogen and oxygen atoms in total. The number of carbonyl (C=O) groups excluding carboxylic acids is 1. The molecule has 0 saturated heterocycles. The van der Waals surface area contributed by atoms with Gasteiger partial charge in [0.25, 0.3) is 5.91 Å². The summed E-state index contributed by atoms with van der Waals surface area (Å²) in [6.07, 6.45) is -18.5.